The quantitative estimate of drug-likeness (QED) is 0.609. The molecule has 1 aromatic carbocycles. The van der Waals surface area contributed by atoms with Crippen molar-refractivity contribution in [1.82, 2.24) is 24.9 Å². The maximum Gasteiger partial charge on any atom is 0.263 e. The van der Waals surface area contributed by atoms with Gasteiger partial charge < -0.3 is 20.0 Å². The molecule has 2 aliphatic carbocycles. The number of carbonyl (C=O) groups is 2. The summed E-state index contributed by atoms with van der Waals surface area (Å²) in [7, 11) is 0. The fourth-order valence-corrected chi connectivity index (χ4v) is 8.64. The predicted molar refractivity (Wildman–Crippen MR) is 149 cm³/mol. The van der Waals surface area contributed by atoms with Gasteiger partial charge in [-0.3, -0.25) is 14.3 Å². The lowest BCUT2D eigenvalue weighted by Crippen LogP contribution is -2.68. The highest BCUT2D eigenvalue weighted by Gasteiger charge is 2.58. The maximum absolute atomic E-state index is 13.6. The van der Waals surface area contributed by atoms with Crippen LogP contribution in [0.1, 0.15) is 73.9 Å². The van der Waals surface area contributed by atoms with Gasteiger partial charge in [-0.1, -0.05) is 12.1 Å². The molecular weight excluding hydrogens is 526 g/mol. The highest BCUT2D eigenvalue weighted by Crippen LogP contribution is 2.57. The average Bonchev–Trinajstić information content (AvgIpc) is 3.23. The molecule has 0 unspecified atom stereocenters. The number of nitrogens with zero attached hydrogens (tertiary/aromatic N) is 5. The number of aromatic nitrogens is 2. The molecule has 2 saturated carbocycles. The molecule has 0 radical (unpaired) electrons. The molecule has 0 bridgehead atoms. The van der Waals surface area contributed by atoms with Crippen molar-refractivity contribution in [3.8, 4) is 0 Å². The normalized spacial score (nSPS) is 25.8. The number of halogens is 2. The smallest absolute Gasteiger partial charge is 0.263 e. The van der Waals surface area contributed by atoms with Gasteiger partial charge in [-0.2, -0.15) is 5.10 Å². The van der Waals surface area contributed by atoms with Gasteiger partial charge >= 0.3 is 0 Å². The Morgan fingerprint density at radius 3 is 2.49 bits per heavy atom. The fourth-order valence-electron chi connectivity index (χ4n) is 8.64. The molecule has 41 heavy (non-hydrogen) atoms. The van der Waals surface area contributed by atoms with Crippen LogP contribution >= 0.6 is 0 Å². The molecule has 8 rings (SSSR count). The fraction of sp³-hybridized carbons (Fsp3) is 0.645. The Morgan fingerprint density at radius 1 is 1.02 bits per heavy atom. The summed E-state index contributed by atoms with van der Waals surface area (Å²) in [5.41, 5.74) is 4.75. The van der Waals surface area contributed by atoms with Crippen molar-refractivity contribution in [2.75, 3.05) is 44.2 Å². The van der Waals surface area contributed by atoms with Gasteiger partial charge in [-0.25, -0.2) is 8.78 Å². The number of hydrogen-bond acceptors (Lipinski definition) is 5. The van der Waals surface area contributed by atoms with Crippen molar-refractivity contribution in [3.63, 3.8) is 0 Å². The summed E-state index contributed by atoms with van der Waals surface area (Å²) in [6.07, 6.45) is 4.10. The van der Waals surface area contributed by atoms with Crippen molar-refractivity contribution in [2.45, 2.75) is 70.9 Å². The van der Waals surface area contributed by atoms with Crippen LogP contribution in [-0.2, 0) is 29.0 Å². The molecular formula is C31H38F2N6O2. The van der Waals surface area contributed by atoms with Gasteiger partial charge in [0.05, 0.1) is 12.6 Å². The third-order valence-electron chi connectivity index (χ3n) is 11.0. The maximum atomic E-state index is 13.6. The Hall–Kier alpha value is -3.01. The Morgan fingerprint density at radius 2 is 1.80 bits per heavy atom. The number of amides is 2. The lowest BCUT2D eigenvalue weighted by Gasteiger charge is -2.61. The first-order valence-corrected chi connectivity index (χ1v) is 15.3. The minimum atomic E-state index is -2.52. The first-order valence-electron chi connectivity index (χ1n) is 15.3. The highest BCUT2D eigenvalue weighted by molar-refractivity contribution is 5.81. The van der Waals surface area contributed by atoms with Crippen LogP contribution in [0.2, 0.25) is 0 Å². The highest BCUT2D eigenvalue weighted by atomic mass is 19.3. The van der Waals surface area contributed by atoms with Crippen LogP contribution in [0.3, 0.4) is 0 Å². The molecule has 0 atom stereocenters. The summed E-state index contributed by atoms with van der Waals surface area (Å²) in [5, 5.41) is 8.55. The molecule has 218 valence electrons. The van der Waals surface area contributed by atoms with E-state index in [1.54, 1.807) is 13.0 Å². The Kier molecular flexibility index (Phi) is 5.63. The molecule has 1 N–H and O–H groups in total. The van der Waals surface area contributed by atoms with Gasteiger partial charge in [-0.15, -0.1) is 0 Å². The molecule has 8 nitrogen and oxygen atoms in total. The number of aryl methyl sites for hydroxylation is 1. The molecule has 6 aliphatic rings. The second-order valence-corrected chi connectivity index (χ2v) is 13.8. The van der Waals surface area contributed by atoms with E-state index in [4.69, 9.17) is 5.10 Å². The number of fused-ring (bicyclic) bond motifs is 2. The number of alkyl halides is 2. The lowest BCUT2D eigenvalue weighted by molar-refractivity contribution is -0.168. The van der Waals surface area contributed by atoms with Crippen LogP contribution in [0.15, 0.2) is 18.2 Å². The van der Waals surface area contributed by atoms with Crippen LogP contribution < -0.4 is 10.2 Å². The van der Waals surface area contributed by atoms with E-state index >= 15 is 0 Å². The van der Waals surface area contributed by atoms with E-state index in [1.165, 1.54) is 11.8 Å². The minimum Gasteiger partial charge on any atom is -0.341 e. The van der Waals surface area contributed by atoms with E-state index in [9.17, 15) is 18.4 Å². The molecule has 2 amide bonds. The van der Waals surface area contributed by atoms with Crippen LogP contribution in [0, 0.1) is 16.7 Å². The van der Waals surface area contributed by atoms with Crippen LogP contribution in [0.4, 0.5) is 20.3 Å². The zero-order valence-corrected chi connectivity index (χ0v) is 23.7. The molecule has 5 heterocycles. The summed E-state index contributed by atoms with van der Waals surface area (Å²) in [4.78, 5) is 31.4. The second kappa shape index (κ2) is 8.99. The largest absolute Gasteiger partial charge is 0.341 e. The molecule has 2 saturated heterocycles. The van der Waals surface area contributed by atoms with Gasteiger partial charge in [0.15, 0.2) is 5.82 Å². The first kappa shape index (κ1) is 25.7. The second-order valence-electron chi connectivity index (χ2n) is 13.8. The third kappa shape index (κ3) is 3.96. The van der Waals surface area contributed by atoms with Crippen LogP contribution in [0.5, 0.6) is 0 Å². The van der Waals surface area contributed by atoms with Crippen molar-refractivity contribution in [3.05, 3.63) is 40.6 Å². The molecule has 4 aliphatic heterocycles. The summed E-state index contributed by atoms with van der Waals surface area (Å²) in [6.45, 7) is 7.33. The van der Waals surface area contributed by atoms with E-state index in [-0.39, 0.29) is 28.8 Å². The van der Waals surface area contributed by atoms with E-state index in [1.807, 2.05) is 11.0 Å². The average molecular weight is 565 g/mol. The van der Waals surface area contributed by atoms with E-state index in [2.05, 4.69) is 19.8 Å². The SMILES string of the molecule is CC(=O)N1CCc2c(c(N3CCCc4ccc(C(F)F)cc43)nn2C2CC3(C2)CN(C(=O)C2CC4(CNC4)C2)C3)C1. The minimum absolute atomic E-state index is 0.0285. The lowest BCUT2D eigenvalue weighted by atomic mass is 9.56. The summed E-state index contributed by atoms with van der Waals surface area (Å²) in [5.74, 6) is 1.43. The van der Waals surface area contributed by atoms with E-state index in [0.29, 0.717) is 31.0 Å². The Balaban J connectivity index is 1.03. The first-order chi connectivity index (χ1) is 19.7. The number of nitrogens with one attached hydrogen (secondary N) is 1. The third-order valence-corrected chi connectivity index (χ3v) is 11.0. The van der Waals surface area contributed by atoms with Crippen LogP contribution in [-0.4, -0.2) is 70.7 Å². The van der Waals surface area contributed by atoms with Crippen molar-refractivity contribution in [1.29, 1.82) is 0 Å². The van der Waals surface area contributed by atoms with Gasteiger partial charge in [0.2, 0.25) is 11.8 Å². The number of hydrogen-bond donors (Lipinski definition) is 1. The zero-order valence-electron chi connectivity index (χ0n) is 23.7. The monoisotopic (exact) mass is 564 g/mol. The predicted octanol–water partition coefficient (Wildman–Crippen LogP) is 3.97. The number of carbonyl (C=O) groups excluding carboxylic acids is 2. The van der Waals surface area contributed by atoms with Gasteiger partial charge in [0.1, 0.15) is 0 Å². The molecule has 2 spiro atoms. The topological polar surface area (TPSA) is 73.7 Å². The number of likely N-dealkylation sites (tertiary alicyclic amines) is 1. The molecule has 2 aromatic rings. The zero-order chi connectivity index (χ0) is 28.1. The van der Waals surface area contributed by atoms with Gasteiger partial charge in [0.25, 0.3) is 6.43 Å². The standard InChI is InChI=1S/C31H38F2N6O2/c1-19(40)36-8-6-25-24(14-36)28(38-7-2-3-20-4-5-21(27(32)33)9-26(20)38)35-39(25)23-12-31(13-23)17-37(18-31)29(41)22-10-30(11-22)15-34-16-30/h4-5,9,22-23,27,34H,2-3,6-8,10-18H2,1H3. The molecule has 1 aromatic heterocycles. The van der Waals surface area contributed by atoms with Crippen LogP contribution in [0.25, 0.3) is 0 Å². The van der Waals surface area contributed by atoms with Crippen molar-refractivity contribution < 1.29 is 18.4 Å². The van der Waals surface area contributed by atoms with Gasteiger partial charge in [0, 0.05) is 86.5 Å². The van der Waals surface area contributed by atoms with Gasteiger partial charge in [-0.05, 0) is 55.6 Å². The number of anilines is 2. The van der Waals surface area contributed by atoms with E-state index < -0.39 is 6.43 Å². The van der Waals surface area contributed by atoms with Crippen molar-refractivity contribution in [2.24, 2.45) is 16.7 Å². The number of benzene rings is 1. The Labute approximate surface area is 239 Å². The van der Waals surface area contributed by atoms with E-state index in [0.717, 1.165) is 93.8 Å². The summed E-state index contributed by atoms with van der Waals surface area (Å²) < 4.78 is 29.5. The molecule has 10 heteroatoms. The number of rotatable bonds is 4. The summed E-state index contributed by atoms with van der Waals surface area (Å²) >= 11 is 0. The summed E-state index contributed by atoms with van der Waals surface area (Å²) in [6, 6.07) is 5.26. The molecule has 4 fully saturated rings. The van der Waals surface area contributed by atoms with Crippen molar-refractivity contribution >= 4 is 23.3 Å². The Bertz CT molecular complexity index is 1410.